The number of benzene rings is 1. The van der Waals surface area contributed by atoms with Crippen molar-refractivity contribution in [2.24, 2.45) is 0 Å². The first-order valence-corrected chi connectivity index (χ1v) is 6.34. The lowest BCUT2D eigenvalue weighted by Gasteiger charge is -2.20. The largest absolute Gasteiger partial charge is 0.478 e. The number of hydrogen-bond donors (Lipinski definition) is 2. The highest BCUT2D eigenvalue weighted by Crippen LogP contribution is 2.27. The van der Waals surface area contributed by atoms with Gasteiger partial charge in [0.1, 0.15) is 0 Å². The predicted molar refractivity (Wildman–Crippen MR) is 79.5 cm³/mol. The summed E-state index contributed by atoms with van der Waals surface area (Å²) in [7, 11) is 1.85. The molecule has 0 fully saturated rings. The van der Waals surface area contributed by atoms with Crippen LogP contribution >= 0.6 is 0 Å². The van der Waals surface area contributed by atoms with Crippen molar-refractivity contribution in [3.05, 3.63) is 47.7 Å². The summed E-state index contributed by atoms with van der Waals surface area (Å²) < 4.78 is 0. The third kappa shape index (κ3) is 2.71. The van der Waals surface area contributed by atoms with Gasteiger partial charge < -0.3 is 15.7 Å². The van der Waals surface area contributed by atoms with Crippen LogP contribution in [-0.2, 0) is 6.42 Å². The van der Waals surface area contributed by atoms with E-state index in [1.54, 1.807) is 0 Å². The fraction of sp³-hybridized carbons (Fsp3) is 0.200. The van der Waals surface area contributed by atoms with E-state index in [-0.39, 0.29) is 5.56 Å². The van der Waals surface area contributed by atoms with Crippen molar-refractivity contribution in [3.63, 3.8) is 0 Å². The van der Waals surface area contributed by atoms with Gasteiger partial charge in [-0.25, -0.2) is 9.78 Å². The summed E-state index contributed by atoms with van der Waals surface area (Å²) in [5.41, 5.74) is 8.51. The van der Waals surface area contributed by atoms with Crippen molar-refractivity contribution in [2.75, 3.05) is 17.7 Å². The molecular weight excluding hydrogens is 254 g/mol. The summed E-state index contributed by atoms with van der Waals surface area (Å²) in [4.78, 5) is 16.8. The normalized spacial score (nSPS) is 10.3. The maximum Gasteiger partial charge on any atom is 0.337 e. The molecule has 0 spiro atoms. The summed E-state index contributed by atoms with van der Waals surface area (Å²) in [6.45, 7) is 2.10. The first-order valence-electron chi connectivity index (χ1n) is 6.34. The first-order chi connectivity index (χ1) is 9.52. The van der Waals surface area contributed by atoms with Crippen LogP contribution < -0.4 is 10.6 Å². The number of pyridine rings is 1. The van der Waals surface area contributed by atoms with Gasteiger partial charge in [-0.2, -0.15) is 0 Å². The molecule has 2 aromatic rings. The maximum atomic E-state index is 10.9. The van der Waals surface area contributed by atoms with Gasteiger partial charge >= 0.3 is 5.97 Å². The van der Waals surface area contributed by atoms with Crippen LogP contribution in [0.15, 0.2) is 36.5 Å². The van der Waals surface area contributed by atoms with Gasteiger partial charge in [0.15, 0.2) is 5.82 Å². The number of nitrogens with two attached hydrogens (primary N) is 1. The Labute approximate surface area is 117 Å². The van der Waals surface area contributed by atoms with E-state index in [2.05, 4.69) is 11.9 Å². The number of carboxylic acids is 1. The molecule has 1 heterocycles. The number of rotatable bonds is 4. The van der Waals surface area contributed by atoms with E-state index in [1.165, 1.54) is 17.8 Å². The second kappa shape index (κ2) is 5.61. The van der Waals surface area contributed by atoms with Crippen molar-refractivity contribution in [1.82, 2.24) is 4.98 Å². The monoisotopic (exact) mass is 271 g/mol. The Morgan fingerprint density at radius 3 is 2.50 bits per heavy atom. The van der Waals surface area contributed by atoms with Crippen molar-refractivity contribution >= 4 is 23.2 Å². The maximum absolute atomic E-state index is 10.9. The molecule has 0 radical (unpaired) electrons. The molecule has 0 aliphatic heterocycles. The van der Waals surface area contributed by atoms with E-state index < -0.39 is 5.97 Å². The number of nitrogens with zero attached hydrogens (tertiary/aromatic N) is 2. The standard InChI is InChI=1S/C15H17N3O2/c1-3-10-4-6-12(7-5-10)18(2)14-13(16)8-11(9-17-14)15(19)20/h4-9H,3,16H2,1-2H3,(H,19,20). The minimum Gasteiger partial charge on any atom is -0.478 e. The summed E-state index contributed by atoms with van der Waals surface area (Å²) in [5.74, 6) is -0.495. The lowest BCUT2D eigenvalue weighted by Crippen LogP contribution is -2.14. The summed E-state index contributed by atoms with van der Waals surface area (Å²) >= 11 is 0. The van der Waals surface area contributed by atoms with Crippen molar-refractivity contribution in [3.8, 4) is 0 Å². The molecule has 0 atom stereocenters. The molecular formula is C15H17N3O2. The minimum absolute atomic E-state index is 0.0842. The average Bonchev–Trinajstić information content (AvgIpc) is 2.46. The number of carbonyl (C=O) groups is 1. The zero-order chi connectivity index (χ0) is 14.7. The highest BCUT2D eigenvalue weighted by Gasteiger charge is 2.12. The third-order valence-electron chi connectivity index (χ3n) is 3.19. The quantitative estimate of drug-likeness (QED) is 0.893. The lowest BCUT2D eigenvalue weighted by molar-refractivity contribution is 0.0696. The molecule has 5 heteroatoms. The van der Waals surface area contributed by atoms with Crippen LogP contribution in [0.2, 0.25) is 0 Å². The van der Waals surface area contributed by atoms with Gasteiger partial charge in [-0.3, -0.25) is 0 Å². The van der Waals surface area contributed by atoms with E-state index in [0.29, 0.717) is 11.5 Å². The molecule has 0 unspecified atom stereocenters. The Morgan fingerprint density at radius 1 is 1.35 bits per heavy atom. The number of hydrogen-bond acceptors (Lipinski definition) is 4. The Morgan fingerprint density at radius 2 is 2.00 bits per heavy atom. The van der Waals surface area contributed by atoms with Crippen molar-refractivity contribution < 1.29 is 9.90 Å². The fourth-order valence-corrected chi connectivity index (χ4v) is 1.95. The van der Waals surface area contributed by atoms with Crippen LogP contribution in [0.25, 0.3) is 0 Å². The fourth-order valence-electron chi connectivity index (χ4n) is 1.95. The van der Waals surface area contributed by atoms with Gasteiger partial charge in [0.05, 0.1) is 11.3 Å². The summed E-state index contributed by atoms with van der Waals surface area (Å²) in [6, 6.07) is 9.50. The van der Waals surface area contributed by atoms with Crippen LogP contribution in [-0.4, -0.2) is 23.1 Å². The molecule has 0 bridgehead atoms. The first kappa shape index (κ1) is 13.9. The molecule has 1 aromatic heterocycles. The third-order valence-corrected chi connectivity index (χ3v) is 3.19. The van der Waals surface area contributed by atoms with E-state index in [4.69, 9.17) is 10.8 Å². The van der Waals surface area contributed by atoms with Crippen LogP contribution in [0.1, 0.15) is 22.8 Å². The average molecular weight is 271 g/mol. The highest BCUT2D eigenvalue weighted by atomic mass is 16.4. The van der Waals surface area contributed by atoms with E-state index in [0.717, 1.165) is 12.1 Å². The van der Waals surface area contributed by atoms with Gasteiger partial charge in [0, 0.05) is 18.9 Å². The topological polar surface area (TPSA) is 79.5 Å². The number of aryl methyl sites for hydroxylation is 1. The Hall–Kier alpha value is -2.56. The molecule has 2 rings (SSSR count). The van der Waals surface area contributed by atoms with Crippen LogP contribution in [0.5, 0.6) is 0 Å². The second-order valence-corrected chi connectivity index (χ2v) is 4.52. The number of nitrogen functional groups attached to an aromatic ring is 1. The number of aromatic carboxylic acids is 1. The van der Waals surface area contributed by atoms with Gasteiger partial charge in [0.2, 0.25) is 0 Å². The molecule has 0 aliphatic rings. The van der Waals surface area contributed by atoms with Gasteiger partial charge in [-0.05, 0) is 30.2 Å². The van der Waals surface area contributed by atoms with Crippen LogP contribution in [0.3, 0.4) is 0 Å². The lowest BCUT2D eigenvalue weighted by atomic mass is 10.1. The van der Waals surface area contributed by atoms with E-state index in [9.17, 15) is 4.79 Å². The molecule has 3 N–H and O–H groups in total. The second-order valence-electron chi connectivity index (χ2n) is 4.52. The molecule has 20 heavy (non-hydrogen) atoms. The Bertz CT molecular complexity index is 624. The molecule has 1 aromatic carbocycles. The summed E-state index contributed by atoms with van der Waals surface area (Å²) in [5, 5.41) is 8.90. The molecule has 0 aliphatic carbocycles. The molecule has 104 valence electrons. The SMILES string of the molecule is CCc1ccc(N(C)c2ncc(C(=O)O)cc2N)cc1. The molecule has 0 saturated carbocycles. The zero-order valence-electron chi connectivity index (χ0n) is 11.5. The van der Waals surface area contributed by atoms with E-state index >= 15 is 0 Å². The summed E-state index contributed by atoms with van der Waals surface area (Å²) in [6.07, 6.45) is 2.29. The van der Waals surface area contributed by atoms with Gasteiger partial charge in [-0.1, -0.05) is 19.1 Å². The minimum atomic E-state index is -1.04. The molecule has 5 nitrogen and oxygen atoms in total. The Balaban J connectivity index is 2.32. The molecule has 0 amide bonds. The Kier molecular flexibility index (Phi) is 3.89. The van der Waals surface area contributed by atoms with E-state index in [1.807, 2.05) is 36.2 Å². The van der Waals surface area contributed by atoms with Crippen molar-refractivity contribution in [2.45, 2.75) is 13.3 Å². The van der Waals surface area contributed by atoms with Gasteiger partial charge in [0.25, 0.3) is 0 Å². The number of carboxylic acid groups (broad SMARTS) is 1. The zero-order valence-corrected chi connectivity index (χ0v) is 11.5. The number of anilines is 3. The van der Waals surface area contributed by atoms with Crippen LogP contribution in [0, 0.1) is 0 Å². The number of aromatic nitrogens is 1. The van der Waals surface area contributed by atoms with Crippen molar-refractivity contribution in [1.29, 1.82) is 0 Å². The highest BCUT2D eigenvalue weighted by molar-refractivity contribution is 5.89. The molecule has 0 saturated heterocycles. The predicted octanol–water partition coefficient (Wildman–Crippen LogP) is 2.69. The van der Waals surface area contributed by atoms with Gasteiger partial charge in [-0.15, -0.1) is 0 Å². The smallest absolute Gasteiger partial charge is 0.337 e. The van der Waals surface area contributed by atoms with Crippen LogP contribution in [0.4, 0.5) is 17.2 Å².